The maximum Gasteiger partial charge on any atom is 0.161 e. The lowest BCUT2D eigenvalue weighted by molar-refractivity contribution is 0.510. The molecule has 0 saturated heterocycles. The average molecular weight is 325 g/mol. The van der Waals surface area contributed by atoms with Crippen LogP contribution in [0.1, 0.15) is 5.56 Å². The van der Waals surface area contributed by atoms with Gasteiger partial charge >= 0.3 is 0 Å². The molecular weight excluding hydrogens is 317 g/mol. The Morgan fingerprint density at radius 2 is 1.67 bits per heavy atom. The van der Waals surface area contributed by atoms with Gasteiger partial charge in [0.25, 0.3) is 0 Å². The third kappa shape index (κ3) is 2.57. The molecule has 0 fully saturated rings. The topological polar surface area (TPSA) is 25.8 Å². The third-order valence-electron chi connectivity index (χ3n) is 3.12. The largest absolute Gasteiger partial charge is 0.228 e. The average Bonchev–Trinajstić information content (AvgIpc) is 2.44. The van der Waals surface area contributed by atoms with Gasteiger partial charge in [0.1, 0.15) is 5.15 Å². The lowest BCUT2D eigenvalue weighted by atomic mass is 10.1. The highest BCUT2D eigenvalue weighted by Crippen LogP contribution is 2.28. The van der Waals surface area contributed by atoms with E-state index in [-0.39, 0.29) is 16.1 Å². The second-order valence-electron chi connectivity index (χ2n) is 4.59. The second kappa shape index (κ2) is 5.20. The Labute approximate surface area is 129 Å². The van der Waals surface area contributed by atoms with Gasteiger partial charge in [-0.2, -0.15) is 0 Å². The fourth-order valence-electron chi connectivity index (χ4n) is 1.95. The van der Waals surface area contributed by atoms with Crippen LogP contribution in [-0.4, -0.2) is 9.97 Å². The van der Waals surface area contributed by atoms with Crippen molar-refractivity contribution < 1.29 is 8.78 Å². The van der Waals surface area contributed by atoms with Gasteiger partial charge in [0.05, 0.1) is 5.52 Å². The van der Waals surface area contributed by atoms with Crippen molar-refractivity contribution in [2.24, 2.45) is 0 Å². The molecule has 0 aliphatic carbocycles. The standard InChI is InChI=1S/C15H8Cl2F2N2/c1-7-2-3-8(4-10(7)16)15-20-13-6-12(19)11(18)5-9(13)14(17)21-15/h2-6H,1H3. The van der Waals surface area contributed by atoms with Gasteiger partial charge in [-0.05, 0) is 24.6 Å². The van der Waals surface area contributed by atoms with Crippen LogP contribution in [0.3, 0.4) is 0 Å². The molecule has 0 radical (unpaired) electrons. The molecule has 0 bridgehead atoms. The number of hydrogen-bond donors (Lipinski definition) is 0. The van der Waals surface area contributed by atoms with E-state index < -0.39 is 11.6 Å². The lowest BCUT2D eigenvalue weighted by Crippen LogP contribution is -1.94. The van der Waals surface area contributed by atoms with E-state index in [0.29, 0.717) is 16.4 Å². The lowest BCUT2D eigenvalue weighted by Gasteiger charge is -2.06. The summed E-state index contributed by atoms with van der Waals surface area (Å²) in [5.41, 5.74) is 1.81. The minimum atomic E-state index is -0.987. The Bertz CT molecular complexity index is 866. The molecule has 2 aromatic carbocycles. The maximum atomic E-state index is 13.3. The second-order valence-corrected chi connectivity index (χ2v) is 5.35. The summed E-state index contributed by atoms with van der Waals surface area (Å²) >= 11 is 12.1. The normalized spacial score (nSPS) is 11.1. The van der Waals surface area contributed by atoms with E-state index in [1.54, 1.807) is 12.1 Å². The van der Waals surface area contributed by atoms with Crippen molar-refractivity contribution in [3.63, 3.8) is 0 Å². The molecule has 0 amide bonds. The van der Waals surface area contributed by atoms with Crippen molar-refractivity contribution in [1.29, 1.82) is 0 Å². The molecule has 3 aromatic rings. The van der Waals surface area contributed by atoms with Crippen molar-refractivity contribution in [1.82, 2.24) is 9.97 Å². The number of fused-ring (bicyclic) bond motifs is 1. The minimum Gasteiger partial charge on any atom is -0.228 e. The number of halogens is 4. The van der Waals surface area contributed by atoms with Crippen LogP contribution in [0.25, 0.3) is 22.3 Å². The Balaban J connectivity index is 2.24. The number of benzene rings is 2. The van der Waals surface area contributed by atoms with E-state index in [1.165, 1.54) is 0 Å². The summed E-state index contributed by atoms with van der Waals surface area (Å²) in [5, 5.41) is 0.890. The van der Waals surface area contributed by atoms with E-state index in [9.17, 15) is 8.78 Å². The Kier molecular flexibility index (Phi) is 3.51. The highest BCUT2D eigenvalue weighted by atomic mass is 35.5. The molecule has 0 saturated carbocycles. The first-order valence-electron chi connectivity index (χ1n) is 6.04. The molecule has 0 aliphatic rings. The predicted molar refractivity (Wildman–Crippen MR) is 79.6 cm³/mol. The SMILES string of the molecule is Cc1ccc(-c2nc(Cl)c3cc(F)c(F)cc3n2)cc1Cl. The molecule has 0 unspecified atom stereocenters. The van der Waals surface area contributed by atoms with Crippen LogP contribution in [-0.2, 0) is 0 Å². The van der Waals surface area contributed by atoms with Crippen LogP contribution in [0.4, 0.5) is 8.78 Å². The van der Waals surface area contributed by atoms with Crippen molar-refractivity contribution in [3.05, 3.63) is 57.7 Å². The van der Waals surface area contributed by atoms with Gasteiger partial charge in [-0.3, -0.25) is 0 Å². The molecule has 6 heteroatoms. The smallest absolute Gasteiger partial charge is 0.161 e. The zero-order chi connectivity index (χ0) is 15.1. The van der Waals surface area contributed by atoms with Crippen LogP contribution < -0.4 is 0 Å². The molecule has 0 atom stereocenters. The Morgan fingerprint density at radius 1 is 0.952 bits per heavy atom. The summed E-state index contributed by atoms with van der Waals surface area (Å²) in [6.07, 6.45) is 0. The summed E-state index contributed by atoms with van der Waals surface area (Å²) in [4.78, 5) is 8.34. The monoisotopic (exact) mass is 324 g/mol. The number of aromatic nitrogens is 2. The summed E-state index contributed by atoms with van der Waals surface area (Å²) in [5.74, 6) is -1.66. The van der Waals surface area contributed by atoms with E-state index in [1.807, 2.05) is 13.0 Å². The highest BCUT2D eigenvalue weighted by Gasteiger charge is 2.12. The highest BCUT2D eigenvalue weighted by molar-refractivity contribution is 6.34. The van der Waals surface area contributed by atoms with E-state index in [4.69, 9.17) is 23.2 Å². The Morgan fingerprint density at radius 3 is 2.38 bits per heavy atom. The summed E-state index contributed by atoms with van der Waals surface area (Å²) in [6, 6.07) is 7.30. The summed E-state index contributed by atoms with van der Waals surface area (Å²) in [6.45, 7) is 1.87. The fourth-order valence-corrected chi connectivity index (χ4v) is 2.36. The molecule has 0 aliphatic heterocycles. The summed E-state index contributed by atoms with van der Waals surface area (Å²) < 4.78 is 26.6. The molecule has 1 heterocycles. The Hall–Kier alpha value is -1.78. The number of hydrogen-bond acceptors (Lipinski definition) is 2. The molecule has 1 aromatic heterocycles. The van der Waals surface area contributed by atoms with Crippen LogP contribution >= 0.6 is 23.2 Å². The number of nitrogens with zero attached hydrogens (tertiary/aromatic N) is 2. The van der Waals surface area contributed by atoms with Crippen LogP contribution in [0, 0.1) is 18.6 Å². The van der Waals surface area contributed by atoms with Crippen molar-refractivity contribution in [2.45, 2.75) is 6.92 Å². The van der Waals surface area contributed by atoms with Crippen LogP contribution in [0.2, 0.25) is 10.2 Å². The van der Waals surface area contributed by atoms with E-state index in [0.717, 1.165) is 17.7 Å². The zero-order valence-electron chi connectivity index (χ0n) is 10.8. The maximum absolute atomic E-state index is 13.3. The van der Waals surface area contributed by atoms with Gasteiger partial charge in [0.2, 0.25) is 0 Å². The molecule has 0 spiro atoms. The van der Waals surface area contributed by atoms with Crippen molar-refractivity contribution >= 4 is 34.1 Å². The van der Waals surface area contributed by atoms with Gasteiger partial charge in [0.15, 0.2) is 17.5 Å². The first-order valence-corrected chi connectivity index (χ1v) is 6.80. The van der Waals surface area contributed by atoms with Gasteiger partial charge in [0, 0.05) is 22.0 Å². The zero-order valence-corrected chi connectivity index (χ0v) is 12.3. The first-order chi connectivity index (χ1) is 9.95. The molecule has 21 heavy (non-hydrogen) atoms. The first kappa shape index (κ1) is 14.2. The fraction of sp³-hybridized carbons (Fsp3) is 0.0667. The minimum absolute atomic E-state index is 0.0607. The van der Waals surface area contributed by atoms with Gasteiger partial charge in [-0.1, -0.05) is 35.3 Å². The van der Waals surface area contributed by atoms with E-state index in [2.05, 4.69) is 9.97 Å². The molecule has 0 N–H and O–H groups in total. The van der Waals surface area contributed by atoms with Crippen LogP contribution in [0.5, 0.6) is 0 Å². The quantitative estimate of drug-likeness (QED) is 0.575. The van der Waals surface area contributed by atoms with Crippen LogP contribution in [0.15, 0.2) is 30.3 Å². The molecule has 2 nitrogen and oxygen atoms in total. The number of aryl methyl sites for hydroxylation is 1. The van der Waals surface area contributed by atoms with Crippen molar-refractivity contribution in [3.8, 4) is 11.4 Å². The van der Waals surface area contributed by atoms with Gasteiger partial charge in [-0.15, -0.1) is 0 Å². The van der Waals surface area contributed by atoms with Crippen molar-refractivity contribution in [2.75, 3.05) is 0 Å². The predicted octanol–water partition coefficient (Wildman–Crippen LogP) is 5.19. The molecule has 3 rings (SSSR count). The third-order valence-corrected chi connectivity index (χ3v) is 3.82. The van der Waals surface area contributed by atoms with Gasteiger partial charge < -0.3 is 0 Å². The van der Waals surface area contributed by atoms with Gasteiger partial charge in [-0.25, -0.2) is 18.7 Å². The molecule has 106 valence electrons. The number of rotatable bonds is 1. The van der Waals surface area contributed by atoms with E-state index >= 15 is 0 Å². The molecular formula is C15H8Cl2F2N2. The summed E-state index contributed by atoms with van der Waals surface area (Å²) in [7, 11) is 0.